The zero-order chi connectivity index (χ0) is 26.3. The van der Waals surface area contributed by atoms with Gasteiger partial charge in [-0.15, -0.1) is 0 Å². The lowest BCUT2D eigenvalue weighted by Crippen LogP contribution is -2.51. The van der Waals surface area contributed by atoms with Gasteiger partial charge in [0.1, 0.15) is 12.6 Å². The molecule has 0 spiro atoms. The van der Waals surface area contributed by atoms with Crippen LogP contribution >= 0.6 is 11.6 Å². The molecule has 190 valence electrons. The van der Waals surface area contributed by atoms with Crippen LogP contribution in [0.3, 0.4) is 0 Å². The number of aryl methyl sites for hydroxylation is 1. The summed E-state index contributed by atoms with van der Waals surface area (Å²) >= 11 is 6.36. The molecule has 0 aliphatic heterocycles. The van der Waals surface area contributed by atoms with Crippen molar-refractivity contribution in [2.75, 3.05) is 17.9 Å². The average molecular weight is 528 g/mol. The predicted octanol–water partition coefficient (Wildman–Crippen LogP) is 4.40. The highest BCUT2D eigenvalue weighted by Crippen LogP contribution is 2.26. The van der Waals surface area contributed by atoms with E-state index in [1.165, 1.54) is 24.1 Å². The Labute approximate surface area is 217 Å². The molecular formula is C27H30ClN3O4S. The molecular weight excluding hydrogens is 498 g/mol. The second-order valence-corrected chi connectivity index (χ2v) is 10.6. The summed E-state index contributed by atoms with van der Waals surface area (Å²) in [5.74, 6) is -0.864. The van der Waals surface area contributed by atoms with E-state index in [1.54, 1.807) is 67.6 Å². The highest BCUT2D eigenvalue weighted by Gasteiger charge is 2.33. The lowest BCUT2D eigenvalue weighted by molar-refractivity contribution is -0.140. The van der Waals surface area contributed by atoms with Gasteiger partial charge in [0.2, 0.25) is 11.8 Å². The van der Waals surface area contributed by atoms with Gasteiger partial charge in [-0.3, -0.25) is 13.9 Å². The highest BCUT2D eigenvalue weighted by atomic mass is 35.5. The zero-order valence-electron chi connectivity index (χ0n) is 20.5. The van der Waals surface area contributed by atoms with Crippen molar-refractivity contribution in [1.82, 2.24) is 10.2 Å². The van der Waals surface area contributed by atoms with E-state index in [9.17, 15) is 18.0 Å². The molecule has 36 heavy (non-hydrogen) atoms. The fourth-order valence-electron chi connectivity index (χ4n) is 3.93. The van der Waals surface area contributed by atoms with Crippen LogP contribution in [0.5, 0.6) is 0 Å². The molecule has 1 unspecified atom stereocenters. The smallest absolute Gasteiger partial charge is 0.264 e. The number of carbonyl (C=O) groups excluding carboxylic acids is 2. The van der Waals surface area contributed by atoms with Crippen LogP contribution in [-0.2, 0) is 26.2 Å². The SMILES string of the molecule is CCC(C(=O)NC)N(Cc1ccccc1Cl)C(=O)CN(c1cccc(C)c1)S(=O)(=O)c1ccccc1. The first kappa shape index (κ1) is 27.2. The Morgan fingerprint density at radius 2 is 1.64 bits per heavy atom. The van der Waals surface area contributed by atoms with E-state index in [1.807, 2.05) is 13.0 Å². The summed E-state index contributed by atoms with van der Waals surface area (Å²) in [6.07, 6.45) is 0.339. The van der Waals surface area contributed by atoms with Crippen molar-refractivity contribution in [3.05, 3.63) is 95.0 Å². The number of nitrogens with zero attached hydrogens (tertiary/aromatic N) is 2. The number of likely N-dealkylation sites (N-methyl/N-ethyl adjacent to an activating group) is 1. The lowest BCUT2D eigenvalue weighted by Gasteiger charge is -2.33. The molecule has 0 aromatic heterocycles. The van der Waals surface area contributed by atoms with Crippen LogP contribution in [0, 0.1) is 6.92 Å². The highest BCUT2D eigenvalue weighted by molar-refractivity contribution is 7.92. The van der Waals surface area contributed by atoms with E-state index in [4.69, 9.17) is 11.6 Å². The third-order valence-corrected chi connectivity index (χ3v) is 7.99. The maximum atomic E-state index is 13.8. The van der Waals surface area contributed by atoms with Crippen LogP contribution in [-0.4, -0.2) is 44.8 Å². The molecule has 1 atom stereocenters. The van der Waals surface area contributed by atoms with Crippen molar-refractivity contribution in [3.8, 4) is 0 Å². The van der Waals surface area contributed by atoms with Crippen molar-refractivity contribution in [1.29, 1.82) is 0 Å². The van der Waals surface area contributed by atoms with Gasteiger partial charge in [-0.2, -0.15) is 0 Å². The van der Waals surface area contributed by atoms with Crippen molar-refractivity contribution in [2.24, 2.45) is 0 Å². The molecule has 0 heterocycles. The fourth-order valence-corrected chi connectivity index (χ4v) is 5.55. The predicted molar refractivity (Wildman–Crippen MR) is 142 cm³/mol. The van der Waals surface area contributed by atoms with Gasteiger partial charge >= 0.3 is 0 Å². The van der Waals surface area contributed by atoms with E-state index in [2.05, 4.69) is 5.32 Å². The number of halogens is 1. The molecule has 0 aliphatic rings. The van der Waals surface area contributed by atoms with Gasteiger partial charge in [0.25, 0.3) is 10.0 Å². The number of carbonyl (C=O) groups is 2. The molecule has 3 aromatic rings. The van der Waals surface area contributed by atoms with E-state index >= 15 is 0 Å². The Hall–Kier alpha value is -3.36. The molecule has 1 N–H and O–H groups in total. The van der Waals surface area contributed by atoms with E-state index in [0.29, 0.717) is 22.7 Å². The molecule has 9 heteroatoms. The number of nitrogens with one attached hydrogen (secondary N) is 1. The summed E-state index contributed by atoms with van der Waals surface area (Å²) in [7, 11) is -2.58. The maximum Gasteiger partial charge on any atom is 0.264 e. The summed E-state index contributed by atoms with van der Waals surface area (Å²) in [6.45, 7) is 3.21. The second-order valence-electron chi connectivity index (χ2n) is 8.32. The number of benzene rings is 3. The third kappa shape index (κ3) is 6.25. The number of amides is 2. The van der Waals surface area contributed by atoms with Crippen molar-refractivity contribution in [2.45, 2.75) is 37.8 Å². The van der Waals surface area contributed by atoms with Crippen molar-refractivity contribution in [3.63, 3.8) is 0 Å². The van der Waals surface area contributed by atoms with Gasteiger partial charge in [-0.25, -0.2) is 8.42 Å². The summed E-state index contributed by atoms with van der Waals surface area (Å²) in [5.41, 5.74) is 1.86. The molecule has 3 aromatic carbocycles. The van der Waals surface area contributed by atoms with Crippen LogP contribution in [0.4, 0.5) is 5.69 Å². The number of hydrogen-bond donors (Lipinski definition) is 1. The first-order valence-electron chi connectivity index (χ1n) is 11.6. The summed E-state index contributed by atoms with van der Waals surface area (Å²) < 4.78 is 28.5. The summed E-state index contributed by atoms with van der Waals surface area (Å²) in [4.78, 5) is 28.0. The molecule has 2 amide bonds. The Bertz CT molecular complexity index is 1320. The minimum atomic E-state index is -4.08. The molecule has 7 nitrogen and oxygen atoms in total. The molecule has 0 saturated carbocycles. The average Bonchev–Trinajstić information content (AvgIpc) is 2.88. The standard InChI is InChI=1S/C27H30ClN3O4S/c1-4-25(27(33)29-3)30(18-21-12-8-9-16-24(21)28)26(32)19-31(22-13-10-11-20(2)17-22)36(34,35)23-14-6-5-7-15-23/h5-17,25H,4,18-19H2,1-3H3,(H,29,33). The Kier molecular flexibility index (Phi) is 9.12. The Balaban J connectivity index is 2.06. The molecule has 0 radical (unpaired) electrons. The van der Waals surface area contributed by atoms with E-state index < -0.39 is 28.5 Å². The van der Waals surface area contributed by atoms with Gasteiger partial charge < -0.3 is 10.2 Å². The second kappa shape index (κ2) is 12.1. The van der Waals surface area contributed by atoms with Gasteiger partial charge in [-0.05, 0) is 54.8 Å². The van der Waals surface area contributed by atoms with Crippen LogP contribution in [0.25, 0.3) is 0 Å². The van der Waals surface area contributed by atoms with Crippen molar-refractivity contribution < 1.29 is 18.0 Å². The van der Waals surface area contributed by atoms with Crippen LogP contribution in [0.15, 0.2) is 83.8 Å². The number of rotatable bonds is 10. The van der Waals surface area contributed by atoms with Gasteiger partial charge in [-0.1, -0.05) is 67.1 Å². The summed E-state index contributed by atoms with van der Waals surface area (Å²) in [5, 5.41) is 3.06. The minimum absolute atomic E-state index is 0.0531. The van der Waals surface area contributed by atoms with Crippen molar-refractivity contribution >= 4 is 39.1 Å². The van der Waals surface area contributed by atoms with Gasteiger partial charge in [0, 0.05) is 18.6 Å². The lowest BCUT2D eigenvalue weighted by atomic mass is 10.1. The number of sulfonamides is 1. The van der Waals surface area contributed by atoms with Crippen LogP contribution in [0.2, 0.25) is 5.02 Å². The summed E-state index contributed by atoms with van der Waals surface area (Å²) in [6, 6.07) is 21.2. The monoisotopic (exact) mass is 527 g/mol. The van der Waals surface area contributed by atoms with E-state index in [0.717, 1.165) is 9.87 Å². The fraction of sp³-hybridized carbons (Fsp3) is 0.259. The number of anilines is 1. The largest absolute Gasteiger partial charge is 0.357 e. The van der Waals surface area contributed by atoms with E-state index in [-0.39, 0.29) is 17.3 Å². The topological polar surface area (TPSA) is 86.8 Å². The van der Waals surface area contributed by atoms with Gasteiger partial charge in [0.15, 0.2) is 0 Å². The molecule has 0 saturated heterocycles. The maximum absolute atomic E-state index is 13.8. The molecule has 0 fully saturated rings. The number of hydrogen-bond acceptors (Lipinski definition) is 4. The van der Waals surface area contributed by atoms with Crippen LogP contribution in [0.1, 0.15) is 24.5 Å². The minimum Gasteiger partial charge on any atom is -0.357 e. The molecule has 0 bridgehead atoms. The Morgan fingerprint density at radius 3 is 2.25 bits per heavy atom. The zero-order valence-corrected chi connectivity index (χ0v) is 22.1. The first-order chi connectivity index (χ1) is 17.2. The molecule has 0 aliphatic carbocycles. The molecule has 3 rings (SSSR count). The third-order valence-electron chi connectivity index (χ3n) is 5.83. The first-order valence-corrected chi connectivity index (χ1v) is 13.4. The Morgan fingerprint density at radius 1 is 0.972 bits per heavy atom. The van der Waals surface area contributed by atoms with Gasteiger partial charge in [0.05, 0.1) is 10.6 Å². The quantitative estimate of drug-likeness (QED) is 0.423. The normalized spacial score (nSPS) is 12.0. The van der Waals surface area contributed by atoms with Crippen LogP contribution < -0.4 is 9.62 Å².